The maximum atomic E-state index is 4.36. The van der Waals surface area contributed by atoms with Crippen LogP contribution in [0.5, 0.6) is 0 Å². The quantitative estimate of drug-likeness (QED) is 0.873. The third-order valence-electron chi connectivity index (χ3n) is 2.84. The molecule has 2 aromatic rings. The van der Waals surface area contributed by atoms with Crippen LogP contribution in [0.3, 0.4) is 0 Å². The highest BCUT2D eigenvalue weighted by atomic mass is 15.3. The molecule has 0 amide bonds. The average molecular weight is 229 g/mol. The third-order valence-corrected chi connectivity index (χ3v) is 2.84. The van der Waals surface area contributed by atoms with Crippen molar-refractivity contribution < 1.29 is 0 Å². The topological polar surface area (TPSA) is 29.9 Å². The first-order chi connectivity index (χ1) is 8.20. The van der Waals surface area contributed by atoms with Crippen LogP contribution >= 0.6 is 0 Å². The molecule has 0 saturated carbocycles. The zero-order valence-electron chi connectivity index (χ0n) is 10.6. The minimum Gasteiger partial charge on any atom is -0.316 e. The second kappa shape index (κ2) is 5.15. The summed E-state index contributed by atoms with van der Waals surface area (Å²) in [4.78, 5) is 0. The summed E-state index contributed by atoms with van der Waals surface area (Å²) in [5.74, 6) is 0.571. The Hall–Kier alpha value is -1.61. The van der Waals surface area contributed by atoms with Gasteiger partial charge < -0.3 is 5.32 Å². The molecule has 0 aliphatic rings. The minimum absolute atomic E-state index is 0.571. The van der Waals surface area contributed by atoms with Gasteiger partial charge in [0.15, 0.2) is 0 Å². The van der Waals surface area contributed by atoms with Crippen LogP contribution in [0.15, 0.2) is 36.7 Å². The van der Waals surface area contributed by atoms with Crippen molar-refractivity contribution in [2.75, 3.05) is 7.05 Å². The van der Waals surface area contributed by atoms with Crippen molar-refractivity contribution in [3.63, 3.8) is 0 Å². The first-order valence-corrected chi connectivity index (χ1v) is 5.99. The van der Waals surface area contributed by atoms with Crippen molar-refractivity contribution in [1.29, 1.82) is 0 Å². The Morgan fingerprint density at radius 1 is 1.24 bits per heavy atom. The van der Waals surface area contributed by atoms with Crippen LogP contribution < -0.4 is 5.32 Å². The van der Waals surface area contributed by atoms with Gasteiger partial charge in [0.1, 0.15) is 0 Å². The molecule has 90 valence electrons. The zero-order chi connectivity index (χ0) is 12.3. The summed E-state index contributed by atoms with van der Waals surface area (Å²) in [6.07, 6.45) is 3.95. The summed E-state index contributed by atoms with van der Waals surface area (Å²) >= 11 is 0. The van der Waals surface area contributed by atoms with Crippen LogP contribution in [0, 0.1) is 0 Å². The lowest BCUT2D eigenvalue weighted by molar-refractivity contribution is 0.816. The van der Waals surface area contributed by atoms with Crippen LogP contribution in [-0.4, -0.2) is 16.8 Å². The van der Waals surface area contributed by atoms with Crippen molar-refractivity contribution in [2.24, 2.45) is 0 Å². The van der Waals surface area contributed by atoms with Crippen LogP contribution in [0.25, 0.3) is 5.69 Å². The molecule has 3 nitrogen and oxygen atoms in total. The molecular weight excluding hydrogens is 210 g/mol. The molecule has 3 heteroatoms. The molecule has 0 unspecified atom stereocenters. The summed E-state index contributed by atoms with van der Waals surface area (Å²) in [7, 11) is 1.94. The predicted molar refractivity (Wildman–Crippen MR) is 70.4 cm³/mol. The lowest BCUT2D eigenvalue weighted by Crippen LogP contribution is -2.03. The molecule has 0 spiro atoms. The van der Waals surface area contributed by atoms with E-state index >= 15 is 0 Å². The van der Waals surface area contributed by atoms with Gasteiger partial charge in [-0.2, -0.15) is 5.10 Å². The van der Waals surface area contributed by atoms with Gasteiger partial charge in [-0.25, -0.2) is 4.68 Å². The fraction of sp³-hybridized carbons (Fsp3) is 0.357. The number of hydrogen-bond donors (Lipinski definition) is 1. The van der Waals surface area contributed by atoms with Crippen molar-refractivity contribution in [3.8, 4) is 5.69 Å². The van der Waals surface area contributed by atoms with Crippen molar-refractivity contribution in [3.05, 3.63) is 47.8 Å². The van der Waals surface area contributed by atoms with E-state index in [1.165, 1.54) is 11.1 Å². The predicted octanol–water partition coefficient (Wildman–Crippen LogP) is 2.72. The van der Waals surface area contributed by atoms with Crippen LogP contribution in [0.1, 0.15) is 30.9 Å². The Morgan fingerprint density at radius 3 is 2.53 bits per heavy atom. The van der Waals surface area contributed by atoms with Gasteiger partial charge in [0.2, 0.25) is 0 Å². The molecule has 0 aliphatic carbocycles. The van der Waals surface area contributed by atoms with Crippen molar-refractivity contribution in [1.82, 2.24) is 15.1 Å². The normalized spacial score (nSPS) is 11.1. The van der Waals surface area contributed by atoms with Gasteiger partial charge >= 0.3 is 0 Å². The Bertz CT molecular complexity index is 468. The molecular formula is C14H19N3. The van der Waals surface area contributed by atoms with E-state index in [1.54, 1.807) is 0 Å². The molecule has 1 heterocycles. The molecule has 0 saturated heterocycles. The second-order valence-corrected chi connectivity index (χ2v) is 4.57. The van der Waals surface area contributed by atoms with Gasteiger partial charge in [0, 0.05) is 18.3 Å². The highest BCUT2D eigenvalue weighted by molar-refractivity contribution is 5.35. The van der Waals surface area contributed by atoms with E-state index in [-0.39, 0.29) is 0 Å². The SMILES string of the molecule is CNCc1cnn(-c2ccc(C(C)C)cc2)c1. The Morgan fingerprint density at radius 2 is 1.94 bits per heavy atom. The van der Waals surface area contributed by atoms with E-state index in [4.69, 9.17) is 0 Å². The van der Waals surface area contributed by atoms with E-state index in [9.17, 15) is 0 Å². The fourth-order valence-electron chi connectivity index (χ4n) is 1.81. The van der Waals surface area contributed by atoms with Crippen LogP contribution in [-0.2, 0) is 6.54 Å². The number of aromatic nitrogens is 2. The maximum Gasteiger partial charge on any atom is 0.0645 e. The van der Waals surface area contributed by atoms with Gasteiger partial charge in [0.25, 0.3) is 0 Å². The molecule has 0 bridgehead atoms. The summed E-state index contributed by atoms with van der Waals surface area (Å²) in [5.41, 5.74) is 3.66. The first-order valence-electron chi connectivity index (χ1n) is 5.99. The lowest BCUT2D eigenvalue weighted by Gasteiger charge is -2.06. The molecule has 0 aliphatic heterocycles. The summed E-state index contributed by atoms with van der Waals surface area (Å²) in [5, 5.41) is 7.48. The van der Waals surface area contributed by atoms with Gasteiger partial charge in [-0.15, -0.1) is 0 Å². The molecule has 0 radical (unpaired) electrons. The molecule has 17 heavy (non-hydrogen) atoms. The van der Waals surface area contributed by atoms with E-state index in [1.807, 2.05) is 17.9 Å². The van der Waals surface area contributed by atoms with Gasteiger partial charge in [-0.05, 0) is 30.7 Å². The van der Waals surface area contributed by atoms with Crippen LogP contribution in [0.4, 0.5) is 0 Å². The highest BCUT2D eigenvalue weighted by Gasteiger charge is 2.02. The zero-order valence-corrected chi connectivity index (χ0v) is 10.6. The average Bonchev–Trinajstić information content (AvgIpc) is 2.78. The highest BCUT2D eigenvalue weighted by Crippen LogP contribution is 2.16. The van der Waals surface area contributed by atoms with E-state index < -0.39 is 0 Å². The number of nitrogens with zero attached hydrogens (tertiary/aromatic N) is 2. The number of benzene rings is 1. The van der Waals surface area contributed by atoms with Gasteiger partial charge in [0.05, 0.1) is 11.9 Å². The molecule has 1 N–H and O–H groups in total. The fourth-order valence-corrected chi connectivity index (χ4v) is 1.81. The molecule has 1 aromatic heterocycles. The Labute approximate surface area is 102 Å². The van der Waals surface area contributed by atoms with Crippen molar-refractivity contribution in [2.45, 2.75) is 26.3 Å². The maximum absolute atomic E-state index is 4.36. The molecule has 0 fully saturated rings. The summed E-state index contributed by atoms with van der Waals surface area (Å²) in [6.45, 7) is 5.26. The Balaban J connectivity index is 2.21. The van der Waals surface area contributed by atoms with E-state index in [0.29, 0.717) is 5.92 Å². The molecule has 0 atom stereocenters. The van der Waals surface area contributed by atoms with Crippen LogP contribution in [0.2, 0.25) is 0 Å². The number of nitrogens with one attached hydrogen (secondary N) is 1. The van der Waals surface area contributed by atoms with E-state index in [0.717, 1.165) is 12.2 Å². The summed E-state index contributed by atoms with van der Waals surface area (Å²) < 4.78 is 1.91. The first kappa shape index (κ1) is 11.9. The van der Waals surface area contributed by atoms with Gasteiger partial charge in [-0.3, -0.25) is 0 Å². The number of hydrogen-bond acceptors (Lipinski definition) is 2. The summed E-state index contributed by atoms with van der Waals surface area (Å²) in [6, 6.07) is 8.57. The smallest absolute Gasteiger partial charge is 0.0645 e. The van der Waals surface area contributed by atoms with Crippen molar-refractivity contribution >= 4 is 0 Å². The Kier molecular flexibility index (Phi) is 3.59. The third kappa shape index (κ3) is 2.74. The molecule has 1 aromatic carbocycles. The standard InChI is InChI=1S/C14H19N3/c1-11(2)13-4-6-14(7-5-13)17-10-12(8-15-3)9-16-17/h4-7,9-11,15H,8H2,1-3H3. The largest absolute Gasteiger partial charge is 0.316 e. The molecule has 2 rings (SSSR count). The van der Waals surface area contributed by atoms with E-state index in [2.05, 4.69) is 54.7 Å². The lowest BCUT2D eigenvalue weighted by atomic mass is 10.0. The minimum atomic E-state index is 0.571. The van der Waals surface area contributed by atoms with Gasteiger partial charge in [-0.1, -0.05) is 26.0 Å². The second-order valence-electron chi connectivity index (χ2n) is 4.57. The monoisotopic (exact) mass is 229 g/mol. The number of rotatable bonds is 4.